The molecule has 0 bridgehead atoms. The van der Waals surface area contributed by atoms with Crippen LogP contribution in [0, 0.1) is 13.8 Å². The molecule has 1 aliphatic rings. The summed E-state index contributed by atoms with van der Waals surface area (Å²) in [6.07, 6.45) is 1.71. The largest absolute Gasteiger partial charge is 0.490 e. The van der Waals surface area contributed by atoms with Gasteiger partial charge in [0.2, 0.25) is 0 Å². The molecule has 0 fully saturated rings. The fourth-order valence-electron chi connectivity index (χ4n) is 4.07. The van der Waals surface area contributed by atoms with Crippen LogP contribution >= 0.6 is 15.9 Å². The second kappa shape index (κ2) is 10.9. The zero-order chi connectivity index (χ0) is 25.8. The Bertz CT molecular complexity index is 1360. The van der Waals surface area contributed by atoms with Gasteiger partial charge in [-0.05, 0) is 85.1 Å². The lowest BCUT2D eigenvalue weighted by atomic mass is 10.1. The van der Waals surface area contributed by atoms with Gasteiger partial charge in [-0.15, -0.1) is 0 Å². The van der Waals surface area contributed by atoms with E-state index in [1.807, 2.05) is 25.1 Å². The van der Waals surface area contributed by atoms with Crippen molar-refractivity contribution in [2.45, 2.75) is 34.3 Å². The van der Waals surface area contributed by atoms with Crippen molar-refractivity contribution in [2.75, 3.05) is 6.61 Å². The van der Waals surface area contributed by atoms with Crippen LogP contribution in [0.4, 0.5) is 0 Å². The third-order valence-corrected chi connectivity index (χ3v) is 6.17. The summed E-state index contributed by atoms with van der Waals surface area (Å²) >= 11 is 3.60. The molecular formula is C29H27BrN2O4. The average molecular weight is 547 g/mol. The predicted molar refractivity (Wildman–Crippen MR) is 144 cm³/mol. The Kier molecular flexibility index (Phi) is 7.70. The molecule has 3 aromatic carbocycles. The molecular weight excluding hydrogens is 520 g/mol. The van der Waals surface area contributed by atoms with Crippen LogP contribution in [0.2, 0.25) is 0 Å². The molecule has 36 heavy (non-hydrogen) atoms. The van der Waals surface area contributed by atoms with Gasteiger partial charge >= 0.3 is 0 Å². The van der Waals surface area contributed by atoms with Crippen LogP contribution in [-0.4, -0.2) is 29.1 Å². The quantitative estimate of drug-likeness (QED) is 0.251. The number of ether oxygens (including phenoxy) is 2. The van der Waals surface area contributed by atoms with E-state index in [0.29, 0.717) is 46.0 Å². The Morgan fingerprint density at radius 1 is 1.00 bits per heavy atom. The summed E-state index contributed by atoms with van der Waals surface area (Å²) in [6, 6.07) is 18.6. The number of halogens is 1. The van der Waals surface area contributed by atoms with E-state index >= 15 is 0 Å². The molecule has 1 heterocycles. The molecule has 0 spiro atoms. The third-order valence-electron chi connectivity index (χ3n) is 5.58. The fourth-order valence-corrected chi connectivity index (χ4v) is 4.65. The zero-order valence-electron chi connectivity index (χ0n) is 20.7. The highest BCUT2D eigenvalue weighted by Gasteiger charge is 2.33. The number of imide groups is 1. The second-order valence-corrected chi connectivity index (χ2v) is 9.43. The molecule has 3 aromatic rings. The summed E-state index contributed by atoms with van der Waals surface area (Å²) in [4.78, 5) is 25.9. The van der Waals surface area contributed by atoms with Crippen molar-refractivity contribution in [3.05, 3.63) is 98.5 Å². The van der Waals surface area contributed by atoms with Crippen LogP contribution in [0.5, 0.6) is 11.5 Å². The van der Waals surface area contributed by atoms with Gasteiger partial charge in [-0.3, -0.25) is 9.59 Å². The van der Waals surface area contributed by atoms with E-state index in [9.17, 15) is 9.59 Å². The molecule has 4 rings (SSSR count). The number of carbonyl (C=O) groups excluding carboxylic acids is 2. The highest BCUT2D eigenvalue weighted by molar-refractivity contribution is 9.10. The van der Waals surface area contributed by atoms with E-state index in [4.69, 9.17) is 9.47 Å². The molecule has 6 nitrogen and oxygen atoms in total. The average Bonchev–Trinajstić information content (AvgIpc) is 3.11. The molecule has 0 N–H and O–H groups in total. The number of carbonyl (C=O) groups is 2. The summed E-state index contributed by atoms with van der Waals surface area (Å²) in [5, 5.41) is 5.13. The second-order valence-electron chi connectivity index (χ2n) is 8.58. The van der Waals surface area contributed by atoms with Gasteiger partial charge in [0.25, 0.3) is 11.8 Å². The molecule has 2 amide bonds. The predicted octanol–water partition coefficient (Wildman–Crippen LogP) is 6.49. The first-order valence-corrected chi connectivity index (χ1v) is 12.4. The van der Waals surface area contributed by atoms with E-state index in [2.05, 4.69) is 53.1 Å². The number of amides is 2. The van der Waals surface area contributed by atoms with Crippen molar-refractivity contribution >= 4 is 39.5 Å². The molecule has 0 unspecified atom stereocenters. The maximum atomic E-state index is 13.1. The van der Waals surface area contributed by atoms with Crippen LogP contribution in [0.1, 0.15) is 46.5 Å². The van der Waals surface area contributed by atoms with E-state index in [1.165, 1.54) is 11.1 Å². The Labute approximate surface area is 219 Å². The number of hydrogen-bond donors (Lipinski definition) is 0. The summed E-state index contributed by atoms with van der Waals surface area (Å²) in [7, 11) is 0. The normalized spacial score (nSPS) is 14.2. The monoisotopic (exact) mass is 546 g/mol. The number of benzene rings is 3. The van der Waals surface area contributed by atoms with Gasteiger partial charge < -0.3 is 9.47 Å². The Hall–Kier alpha value is -3.71. The van der Waals surface area contributed by atoms with Gasteiger partial charge in [0.1, 0.15) is 6.61 Å². The first-order valence-electron chi connectivity index (χ1n) is 11.6. The smallest absolute Gasteiger partial charge is 0.283 e. The van der Waals surface area contributed by atoms with Crippen molar-refractivity contribution < 1.29 is 19.1 Å². The molecule has 1 aliphatic heterocycles. The van der Waals surface area contributed by atoms with Crippen molar-refractivity contribution in [2.24, 2.45) is 5.10 Å². The number of nitrogens with zero attached hydrogens (tertiary/aromatic N) is 2. The van der Waals surface area contributed by atoms with E-state index < -0.39 is 11.8 Å². The molecule has 7 heteroatoms. The molecule has 184 valence electrons. The SMILES string of the molecule is CCOc1cc(/C=C2/C(=O)N(C(=O)c3ccccc3)N=C2C)cc(Br)c1OCc1cc(C)cc(C)c1. The highest BCUT2D eigenvalue weighted by atomic mass is 79.9. The first kappa shape index (κ1) is 25.4. The van der Waals surface area contributed by atoms with Gasteiger partial charge in [-0.1, -0.05) is 47.5 Å². The summed E-state index contributed by atoms with van der Waals surface area (Å²) in [5.41, 5.74) is 5.35. The highest BCUT2D eigenvalue weighted by Crippen LogP contribution is 2.38. The lowest BCUT2D eigenvalue weighted by Crippen LogP contribution is -2.29. The topological polar surface area (TPSA) is 68.2 Å². The zero-order valence-corrected chi connectivity index (χ0v) is 22.3. The summed E-state index contributed by atoms with van der Waals surface area (Å²) in [5.74, 6) is 0.211. The lowest BCUT2D eigenvalue weighted by molar-refractivity contribution is -0.123. The fraction of sp³-hybridized carbons (Fsp3) is 0.207. The minimum Gasteiger partial charge on any atom is -0.490 e. The van der Waals surface area contributed by atoms with Crippen LogP contribution in [0.3, 0.4) is 0 Å². The standard InChI is InChI=1S/C29H27BrN2O4/c1-5-35-26-16-21(15-25(30)27(26)36-17-22-12-18(2)11-19(3)13-22)14-24-20(4)31-32(29(24)34)28(33)23-9-7-6-8-10-23/h6-16H,5,17H2,1-4H3/b24-14+. The van der Waals surface area contributed by atoms with Crippen LogP contribution in [-0.2, 0) is 11.4 Å². The molecule has 0 radical (unpaired) electrons. The molecule has 0 atom stereocenters. The van der Waals surface area contributed by atoms with Gasteiger partial charge in [0, 0.05) is 5.56 Å². The van der Waals surface area contributed by atoms with E-state index in [1.54, 1.807) is 37.3 Å². The molecule has 0 aromatic heterocycles. The van der Waals surface area contributed by atoms with Crippen LogP contribution in [0.25, 0.3) is 6.08 Å². The Morgan fingerprint density at radius 2 is 1.69 bits per heavy atom. The minimum atomic E-state index is -0.467. The number of aryl methyl sites for hydroxylation is 2. The lowest BCUT2D eigenvalue weighted by Gasteiger charge is -2.15. The van der Waals surface area contributed by atoms with Gasteiger partial charge in [0.05, 0.1) is 22.4 Å². The number of hydrazone groups is 1. The Balaban J connectivity index is 1.60. The van der Waals surface area contributed by atoms with E-state index in [0.717, 1.165) is 16.1 Å². The van der Waals surface area contributed by atoms with Crippen molar-refractivity contribution in [3.63, 3.8) is 0 Å². The molecule has 0 saturated carbocycles. The third kappa shape index (κ3) is 5.57. The number of hydrogen-bond acceptors (Lipinski definition) is 5. The van der Waals surface area contributed by atoms with Crippen molar-refractivity contribution in [1.82, 2.24) is 5.01 Å². The summed E-state index contributed by atoms with van der Waals surface area (Å²) < 4.78 is 12.7. The minimum absolute atomic E-state index is 0.345. The number of rotatable bonds is 7. The molecule has 0 saturated heterocycles. The van der Waals surface area contributed by atoms with Crippen molar-refractivity contribution in [1.29, 1.82) is 0 Å². The summed E-state index contributed by atoms with van der Waals surface area (Å²) in [6.45, 7) is 8.57. The van der Waals surface area contributed by atoms with Crippen LogP contribution in [0.15, 0.2) is 75.8 Å². The maximum Gasteiger partial charge on any atom is 0.283 e. The van der Waals surface area contributed by atoms with Gasteiger partial charge in [0.15, 0.2) is 11.5 Å². The van der Waals surface area contributed by atoms with E-state index in [-0.39, 0.29) is 0 Å². The van der Waals surface area contributed by atoms with Crippen LogP contribution < -0.4 is 9.47 Å². The molecule has 0 aliphatic carbocycles. The first-order chi connectivity index (χ1) is 17.3. The van der Waals surface area contributed by atoms with Crippen molar-refractivity contribution in [3.8, 4) is 11.5 Å². The van der Waals surface area contributed by atoms with Gasteiger partial charge in [-0.2, -0.15) is 10.1 Å². The van der Waals surface area contributed by atoms with Gasteiger partial charge in [-0.25, -0.2) is 0 Å². The maximum absolute atomic E-state index is 13.1. The Morgan fingerprint density at radius 3 is 2.36 bits per heavy atom.